The molecule has 4 nitrogen and oxygen atoms in total. The van der Waals surface area contributed by atoms with E-state index in [1.54, 1.807) is 6.07 Å². The molecule has 1 unspecified atom stereocenters. The number of hydrogen-bond donors (Lipinski definition) is 2. The van der Waals surface area contributed by atoms with Crippen molar-refractivity contribution in [1.82, 2.24) is 9.88 Å². The summed E-state index contributed by atoms with van der Waals surface area (Å²) in [5, 5.41) is 4.33. The molecule has 0 spiro atoms. The summed E-state index contributed by atoms with van der Waals surface area (Å²) in [5.74, 6) is -0.377. The molecule has 0 aliphatic rings. The summed E-state index contributed by atoms with van der Waals surface area (Å²) in [6, 6.07) is 8.15. The number of carbonyl (C=O) groups is 1. The molecule has 0 radical (unpaired) electrons. The van der Waals surface area contributed by atoms with E-state index in [4.69, 9.17) is 5.73 Å². The first kappa shape index (κ1) is 17.2. The highest BCUT2D eigenvalue weighted by molar-refractivity contribution is 5.97. The number of benzene rings is 1. The summed E-state index contributed by atoms with van der Waals surface area (Å²) in [5.41, 5.74) is 7.00. The van der Waals surface area contributed by atoms with Crippen molar-refractivity contribution < 1.29 is 4.79 Å². The molecule has 116 valence electrons. The zero-order valence-electron chi connectivity index (χ0n) is 13.5. The summed E-state index contributed by atoms with van der Waals surface area (Å²) in [4.78, 5) is 11.3. The van der Waals surface area contributed by atoms with Crippen molar-refractivity contribution in [2.75, 3.05) is 13.6 Å². The molecule has 2 aromatic rings. The molecule has 2 rings (SSSR count). The van der Waals surface area contributed by atoms with E-state index in [0.717, 1.165) is 30.3 Å². The third kappa shape index (κ3) is 4.08. The molecule has 0 aliphatic carbocycles. The Morgan fingerprint density at radius 3 is 2.62 bits per heavy atom. The maximum absolute atomic E-state index is 11.3. The van der Waals surface area contributed by atoms with E-state index in [1.165, 1.54) is 0 Å². The highest BCUT2D eigenvalue weighted by Crippen LogP contribution is 2.25. The topological polar surface area (TPSA) is 60.1 Å². The molecule has 0 saturated heterocycles. The van der Waals surface area contributed by atoms with Crippen LogP contribution >= 0.6 is 0 Å². The first-order valence-electron chi connectivity index (χ1n) is 7.72. The first-order valence-corrected chi connectivity index (χ1v) is 7.72. The second-order valence-corrected chi connectivity index (χ2v) is 4.82. The van der Waals surface area contributed by atoms with Crippen molar-refractivity contribution in [2.24, 2.45) is 5.73 Å². The number of aromatic nitrogens is 1. The maximum atomic E-state index is 11.3. The third-order valence-corrected chi connectivity index (χ3v) is 3.60. The predicted octanol–water partition coefficient (Wildman–Crippen LogP) is 3.33. The fraction of sp³-hybridized carbons (Fsp3) is 0.471. The SMILES string of the molecule is CC.CCC(CCNC)n1ccc2ccc(C(N)=O)cc21. The average Bonchev–Trinajstić information content (AvgIpc) is 2.93. The highest BCUT2D eigenvalue weighted by Gasteiger charge is 2.12. The third-order valence-electron chi connectivity index (χ3n) is 3.60. The molecular formula is C17H27N3O. The smallest absolute Gasteiger partial charge is 0.248 e. The Balaban J connectivity index is 0.00000106. The standard InChI is InChI=1S/C15H21N3O.C2H6/c1-3-13(6-8-17-2)18-9-7-11-4-5-12(15(16)19)10-14(11)18;1-2/h4-5,7,9-10,13,17H,3,6,8H2,1-2H3,(H2,16,19);1-2H3. The number of amides is 1. The van der Waals surface area contributed by atoms with Crippen molar-refractivity contribution in [2.45, 2.75) is 39.7 Å². The Kier molecular flexibility index (Phi) is 6.96. The molecular weight excluding hydrogens is 262 g/mol. The Bertz CT molecular complexity index is 574. The van der Waals surface area contributed by atoms with Crippen LogP contribution in [0.5, 0.6) is 0 Å². The monoisotopic (exact) mass is 289 g/mol. The van der Waals surface area contributed by atoms with Crippen LogP contribution in [0.1, 0.15) is 50.0 Å². The number of fused-ring (bicyclic) bond motifs is 1. The minimum absolute atomic E-state index is 0.377. The van der Waals surface area contributed by atoms with Crippen molar-refractivity contribution in [3.05, 3.63) is 36.0 Å². The van der Waals surface area contributed by atoms with Gasteiger partial charge in [0.1, 0.15) is 0 Å². The molecule has 21 heavy (non-hydrogen) atoms. The number of hydrogen-bond acceptors (Lipinski definition) is 2. The summed E-state index contributed by atoms with van der Waals surface area (Å²) < 4.78 is 2.25. The average molecular weight is 289 g/mol. The first-order chi connectivity index (χ1) is 10.2. The minimum Gasteiger partial charge on any atom is -0.366 e. The molecule has 1 aromatic heterocycles. The van der Waals surface area contributed by atoms with Crippen molar-refractivity contribution >= 4 is 16.8 Å². The molecule has 4 heteroatoms. The van der Waals surface area contributed by atoms with Gasteiger partial charge in [-0.2, -0.15) is 0 Å². The lowest BCUT2D eigenvalue weighted by molar-refractivity contribution is 0.100. The van der Waals surface area contributed by atoms with Crippen LogP contribution in [0, 0.1) is 0 Å². The summed E-state index contributed by atoms with van der Waals surface area (Å²) in [7, 11) is 1.96. The van der Waals surface area contributed by atoms with Gasteiger partial charge >= 0.3 is 0 Å². The predicted molar refractivity (Wildman–Crippen MR) is 89.7 cm³/mol. The molecule has 1 aromatic carbocycles. The van der Waals surface area contributed by atoms with Crippen molar-refractivity contribution in [1.29, 1.82) is 0 Å². The van der Waals surface area contributed by atoms with Crippen LogP contribution in [-0.4, -0.2) is 24.1 Å². The number of primary amides is 1. The molecule has 0 bridgehead atoms. The lowest BCUT2D eigenvalue weighted by Crippen LogP contribution is -2.16. The number of nitrogens with two attached hydrogens (primary N) is 1. The number of nitrogens with one attached hydrogen (secondary N) is 1. The quantitative estimate of drug-likeness (QED) is 0.857. The van der Waals surface area contributed by atoms with Gasteiger partial charge in [0.2, 0.25) is 5.91 Å². The molecule has 1 atom stereocenters. The second kappa shape index (κ2) is 8.47. The zero-order chi connectivity index (χ0) is 15.8. The number of nitrogens with zero attached hydrogens (tertiary/aromatic N) is 1. The zero-order valence-corrected chi connectivity index (χ0v) is 13.5. The van der Waals surface area contributed by atoms with Gasteiger partial charge in [0.25, 0.3) is 0 Å². The Morgan fingerprint density at radius 1 is 1.33 bits per heavy atom. The van der Waals surface area contributed by atoms with Crippen LogP contribution < -0.4 is 11.1 Å². The van der Waals surface area contributed by atoms with Crippen LogP contribution in [0.15, 0.2) is 30.5 Å². The molecule has 3 N–H and O–H groups in total. The molecule has 0 aliphatic heterocycles. The summed E-state index contributed by atoms with van der Waals surface area (Å²) in [6.07, 6.45) is 4.23. The van der Waals surface area contributed by atoms with E-state index < -0.39 is 0 Å². The van der Waals surface area contributed by atoms with Gasteiger partial charge in [0.05, 0.1) is 0 Å². The Labute approximate surface area is 127 Å². The van der Waals surface area contributed by atoms with Gasteiger partial charge in [-0.25, -0.2) is 0 Å². The largest absolute Gasteiger partial charge is 0.366 e. The van der Waals surface area contributed by atoms with E-state index in [-0.39, 0.29) is 5.91 Å². The van der Waals surface area contributed by atoms with Crippen LogP contribution in [0.4, 0.5) is 0 Å². The maximum Gasteiger partial charge on any atom is 0.248 e. The van der Waals surface area contributed by atoms with E-state index in [0.29, 0.717) is 11.6 Å². The van der Waals surface area contributed by atoms with E-state index in [1.807, 2.05) is 33.0 Å². The fourth-order valence-corrected chi connectivity index (χ4v) is 2.47. The van der Waals surface area contributed by atoms with Crippen LogP contribution in [0.3, 0.4) is 0 Å². The Hall–Kier alpha value is -1.81. The fourth-order valence-electron chi connectivity index (χ4n) is 2.47. The molecule has 0 saturated carbocycles. The van der Waals surface area contributed by atoms with Gasteiger partial charge in [-0.15, -0.1) is 0 Å². The normalized spacial score (nSPS) is 11.8. The summed E-state index contributed by atoms with van der Waals surface area (Å²) >= 11 is 0. The lowest BCUT2D eigenvalue weighted by Gasteiger charge is -2.18. The van der Waals surface area contributed by atoms with Gasteiger partial charge in [-0.05, 0) is 50.0 Å². The second-order valence-electron chi connectivity index (χ2n) is 4.82. The molecule has 0 fully saturated rings. The number of rotatable bonds is 6. The van der Waals surface area contributed by atoms with E-state index in [9.17, 15) is 4.79 Å². The van der Waals surface area contributed by atoms with Crippen LogP contribution in [-0.2, 0) is 0 Å². The van der Waals surface area contributed by atoms with E-state index in [2.05, 4.69) is 29.1 Å². The molecule has 1 amide bonds. The van der Waals surface area contributed by atoms with Crippen LogP contribution in [0.25, 0.3) is 10.9 Å². The van der Waals surface area contributed by atoms with Gasteiger partial charge in [0.15, 0.2) is 0 Å². The lowest BCUT2D eigenvalue weighted by atomic mass is 10.1. The minimum atomic E-state index is -0.377. The molecule has 1 heterocycles. The van der Waals surface area contributed by atoms with Gasteiger partial charge in [-0.1, -0.05) is 26.8 Å². The Morgan fingerprint density at radius 2 is 2.05 bits per heavy atom. The summed E-state index contributed by atoms with van der Waals surface area (Å²) in [6.45, 7) is 7.16. The van der Waals surface area contributed by atoms with Crippen LogP contribution in [0.2, 0.25) is 0 Å². The number of carbonyl (C=O) groups excluding carboxylic acids is 1. The highest BCUT2D eigenvalue weighted by atomic mass is 16.1. The van der Waals surface area contributed by atoms with E-state index >= 15 is 0 Å². The van der Waals surface area contributed by atoms with Crippen molar-refractivity contribution in [3.8, 4) is 0 Å². The van der Waals surface area contributed by atoms with Gasteiger partial charge < -0.3 is 15.6 Å². The van der Waals surface area contributed by atoms with Crippen molar-refractivity contribution in [3.63, 3.8) is 0 Å². The van der Waals surface area contributed by atoms with Gasteiger partial charge in [-0.3, -0.25) is 4.79 Å². The van der Waals surface area contributed by atoms with Gasteiger partial charge in [0, 0.05) is 23.3 Å².